The van der Waals surface area contributed by atoms with E-state index in [9.17, 15) is 14.4 Å². The second-order valence-corrected chi connectivity index (χ2v) is 13.2. The molecule has 6 nitrogen and oxygen atoms in total. The average Bonchev–Trinajstić information content (AvgIpc) is 3.43. The van der Waals surface area contributed by atoms with E-state index in [1.165, 1.54) is 0 Å². The summed E-state index contributed by atoms with van der Waals surface area (Å²) in [4.78, 5) is 45.9. The SMILES string of the molecule is COc1ccc2c(c1)C=C[C@H]1N2[C@H](C(=O)C(C)(C)C)[C@@H](C(=O)c2ccc(CC(C)C)cc2)[C@]12C(=O)Nc1ccccc12. The summed E-state index contributed by atoms with van der Waals surface area (Å²) in [6, 6.07) is 19.6. The fourth-order valence-corrected chi connectivity index (χ4v) is 7.18. The van der Waals surface area contributed by atoms with Gasteiger partial charge in [-0.05, 0) is 47.7 Å². The van der Waals surface area contributed by atoms with Crippen LogP contribution in [0.3, 0.4) is 0 Å². The molecule has 6 heteroatoms. The molecule has 3 aromatic carbocycles. The van der Waals surface area contributed by atoms with Gasteiger partial charge in [0.05, 0.1) is 19.1 Å². The van der Waals surface area contributed by atoms with Crippen molar-refractivity contribution in [2.45, 2.75) is 58.5 Å². The number of rotatable bonds is 6. The van der Waals surface area contributed by atoms with E-state index in [1.807, 2.05) is 105 Å². The predicted octanol–water partition coefficient (Wildman–Crippen LogP) is 6.48. The van der Waals surface area contributed by atoms with Crippen LogP contribution in [-0.4, -0.2) is 36.7 Å². The number of ether oxygens (including phenoxy) is 1. The van der Waals surface area contributed by atoms with Crippen LogP contribution in [0.2, 0.25) is 0 Å². The number of methoxy groups -OCH3 is 1. The monoisotopic (exact) mass is 562 g/mol. The van der Waals surface area contributed by atoms with Gasteiger partial charge in [-0.1, -0.05) is 89.2 Å². The molecule has 1 spiro atoms. The number of anilines is 2. The van der Waals surface area contributed by atoms with E-state index in [0.717, 1.165) is 28.8 Å². The van der Waals surface area contributed by atoms with Gasteiger partial charge in [-0.15, -0.1) is 0 Å². The fourth-order valence-electron chi connectivity index (χ4n) is 7.18. The predicted molar refractivity (Wildman–Crippen MR) is 166 cm³/mol. The summed E-state index contributed by atoms with van der Waals surface area (Å²) >= 11 is 0. The van der Waals surface area contributed by atoms with Gasteiger partial charge in [0.15, 0.2) is 11.6 Å². The minimum absolute atomic E-state index is 0.0756. The highest BCUT2D eigenvalue weighted by Crippen LogP contribution is 2.58. The molecule has 42 heavy (non-hydrogen) atoms. The van der Waals surface area contributed by atoms with Gasteiger partial charge in [0.1, 0.15) is 17.2 Å². The molecule has 6 rings (SSSR count). The lowest BCUT2D eigenvalue weighted by molar-refractivity contribution is -0.128. The van der Waals surface area contributed by atoms with Crippen molar-refractivity contribution < 1.29 is 19.1 Å². The molecular formula is C36H38N2O4. The maximum absolute atomic E-state index is 14.9. The summed E-state index contributed by atoms with van der Waals surface area (Å²) in [5, 5.41) is 3.09. The summed E-state index contributed by atoms with van der Waals surface area (Å²) in [5.41, 5.74) is 2.73. The molecule has 3 heterocycles. The van der Waals surface area contributed by atoms with E-state index >= 15 is 0 Å². The Morgan fingerprint density at radius 3 is 2.40 bits per heavy atom. The number of Topliss-reactive ketones (excluding diaryl/α,β-unsaturated/α-hetero) is 2. The van der Waals surface area contributed by atoms with E-state index in [-0.39, 0.29) is 17.5 Å². The zero-order valence-corrected chi connectivity index (χ0v) is 25.1. The number of para-hydroxylation sites is 1. The molecule has 4 atom stereocenters. The molecule has 1 saturated heterocycles. The number of nitrogens with one attached hydrogen (secondary N) is 1. The van der Waals surface area contributed by atoms with Crippen molar-refractivity contribution in [3.63, 3.8) is 0 Å². The molecule has 1 N–H and O–H groups in total. The van der Waals surface area contributed by atoms with E-state index in [0.29, 0.717) is 22.9 Å². The van der Waals surface area contributed by atoms with Crippen LogP contribution in [0.25, 0.3) is 6.08 Å². The summed E-state index contributed by atoms with van der Waals surface area (Å²) in [5.74, 6) is -0.293. The molecule has 3 aromatic rings. The van der Waals surface area contributed by atoms with Gasteiger partial charge in [0.25, 0.3) is 0 Å². The summed E-state index contributed by atoms with van der Waals surface area (Å²) < 4.78 is 5.49. The Hall–Kier alpha value is -4.19. The number of amides is 1. The van der Waals surface area contributed by atoms with Crippen LogP contribution in [0, 0.1) is 17.3 Å². The highest BCUT2D eigenvalue weighted by atomic mass is 16.5. The molecule has 1 fully saturated rings. The third-order valence-electron chi connectivity index (χ3n) is 9.01. The first-order valence-electron chi connectivity index (χ1n) is 14.7. The first-order chi connectivity index (χ1) is 20.0. The van der Waals surface area contributed by atoms with Crippen molar-refractivity contribution in [1.29, 1.82) is 0 Å². The van der Waals surface area contributed by atoms with Crippen LogP contribution in [-0.2, 0) is 21.4 Å². The van der Waals surface area contributed by atoms with Crippen molar-refractivity contribution in [3.8, 4) is 5.75 Å². The van der Waals surface area contributed by atoms with Crippen LogP contribution in [0.4, 0.5) is 11.4 Å². The molecule has 3 aliphatic rings. The minimum Gasteiger partial charge on any atom is -0.497 e. The second kappa shape index (κ2) is 9.97. The number of benzene rings is 3. The van der Waals surface area contributed by atoms with Gasteiger partial charge in [0, 0.05) is 27.9 Å². The van der Waals surface area contributed by atoms with E-state index in [4.69, 9.17) is 4.74 Å². The fraction of sp³-hybridized carbons (Fsp3) is 0.361. The van der Waals surface area contributed by atoms with E-state index in [2.05, 4.69) is 19.2 Å². The molecule has 216 valence electrons. The van der Waals surface area contributed by atoms with Gasteiger partial charge in [-0.2, -0.15) is 0 Å². The number of carbonyl (C=O) groups excluding carboxylic acids is 3. The lowest BCUT2D eigenvalue weighted by atomic mass is 9.63. The molecule has 3 aliphatic heterocycles. The Labute approximate surface area is 247 Å². The number of hydrogen-bond donors (Lipinski definition) is 1. The third-order valence-corrected chi connectivity index (χ3v) is 9.01. The molecule has 0 aromatic heterocycles. The van der Waals surface area contributed by atoms with Crippen LogP contribution in [0.15, 0.2) is 72.8 Å². The average molecular weight is 563 g/mol. The molecule has 0 saturated carbocycles. The first-order valence-corrected chi connectivity index (χ1v) is 14.7. The topological polar surface area (TPSA) is 75.7 Å². The highest BCUT2D eigenvalue weighted by molar-refractivity contribution is 6.17. The van der Waals surface area contributed by atoms with Crippen LogP contribution in [0.1, 0.15) is 61.7 Å². The van der Waals surface area contributed by atoms with Crippen LogP contribution >= 0.6 is 0 Å². The van der Waals surface area contributed by atoms with Gasteiger partial charge in [-0.25, -0.2) is 0 Å². The van der Waals surface area contributed by atoms with Gasteiger partial charge in [0.2, 0.25) is 5.91 Å². The molecule has 0 radical (unpaired) electrons. The Bertz CT molecular complexity index is 1610. The van der Waals surface area contributed by atoms with Crippen molar-refractivity contribution in [2.75, 3.05) is 17.3 Å². The standard InChI is InChI=1S/C36H38N2O4/c1-21(2)19-22-11-13-23(14-12-22)32(39)30-31(33(40)35(3,4)5)38-28-17-16-25(42-6)20-24(28)15-18-29(38)36(30)26-9-7-8-10-27(26)37-34(36)41/h7-18,20-21,29-31H,19H2,1-6H3,(H,37,41)/t29-,30+,31+,36-/m1/s1. The minimum atomic E-state index is -1.30. The normalized spacial score (nSPS) is 23.9. The number of fused-ring (bicyclic) bond motifs is 6. The molecule has 0 bridgehead atoms. The Morgan fingerprint density at radius 1 is 1.02 bits per heavy atom. The Kier molecular flexibility index (Phi) is 6.64. The summed E-state index contributed by atoms with van der Waals surface area (Å²) in [6.45, 7) is 9.98. The van der Waals surface area contributed by atoms with E-state index < -0.39 is 28.8 Å². The second-order valence-electron chi connectivity index (χ2n) is 13.2. The molecular weight excluding hydrogens is 524 g/mol. The lowest BCUT2D eigenvalue weighted by Crippen LogP contribution is -2.51. The van der Waals surface area contributed by atoms with Crippen LogP contribution < -0.4 is 15.0 Å². The number of ketones is 2. The highest BCUT2D eigenvalue weighted by Gasteiger charge is 2.70. The van der Waals surface area contributed by atoms with Crippen molar-refractivity contribution in [3.05, 3.63) is 95.1 Å². The van der Waals surface area contributed by atoms with E-state index in [1.54, 1.807) is 7.11 Å². The zero-order chi connectivity index (χ0) is 30.0. The number of nitrogens with zero attached hydrogens (tertiary/aromatic N) is 1. The van der Waals surface area contributed by atoms with Crippen molar-refractivity contribution in [1.82, 2.24) is 0 Å². The third kappa shape index (κ3) is 4.11. The largest absolute Gasteiger partial charge is 0.497 e. The maximum atomic E-state index is 14.9. The lowest BCUT2D eigenvalue weighted by Gasteiger charge is -2.38. The number of carbonyl (C=O) groups is 3. The molecule has 1 amide bonds. The van der Waals surface area contributed by atoms with Crippen molar-refractivity contribution in [2.24, 2.45) is 17.3 Å². The Balaban J connectivity index is 1.61. The smallest absolute Gasteiger partial charge is 0.238 e. The summed E-state index contributed by atoms with van der Waals surface area (Å²) in [7, 11) is 1.62. The molecule has 0 unspecified atom stereocenters. The Morgan fingerprint density at radius 2 is 1.74 bits per heavy atom. The van der Waals surface area contributed by atoms with Crippen LogP contribution in [0.5, 0.6) is 5.75 Å². The quantitative estimate of drug-likeness (QED) is 0.348. The first kappa shape index (κ1) is 28.0. The summed E-state index contributed by atoms with van der Waals surface area (Å²) in [6.07, 6.45) is 4.89. The molecule has 0 aliphatic carbocycles. The zero-order valence-electron chi connectivity index (χ0n) is 25.1. The van der Waals surface area contributed by atoms with Gasteiger partial charge < -0.3 is 15.0 Å². The van der Waals surface area contributed by atoms with Gasteiger partial charge in [-0.3, -0.25) is 14.4 Å². The maximum Gasteiger partial charge on any atom is 0.238 e. The van der Waals surface area contributed by atoms with Gasteiger partial charge >= 0.3 is 0 Å². The number of hydrogen-bond acceptors (Lipinski definition) is 5. The van der Waals surface area contributed by atoms with Crippen molar-refractivity contribution >= 4 is 34.9 Å².